The first-order chi connectivity index (χ1) is 8.14. The Morgan fingerprint density at radius 3 is 2.59 bits per heavy atom. The first-order valence-corrected chi connectivity index (χ1v) is 5.80. The van der Waals surface area contributed by atoms with Crippen molar-refractivity contribution in [2.45, 2.75) is 18.2 Å². The molecule has 1 aromatic rings. The Balaban J connectivity index is 2.42. The minimum absolute atomic E-state index is 0.242. The summed E-state index contributed by atoms with van der Waals surface area (Å²) >= 11 is 0. The highest BCUT2D eigenvalue weighted by atomic mass is 16.3. The van der Waals surface area contributed by atoms with Crippen LogP contribution in [0.3, 0.4) is 0 Å². The first-order valence-electron chi connectivity index (χ1n) is 5.80. The summed E-state index contributed by atoms with van der Waals surface area (Å²) in [6.07, 6.45) is 0.869. The van der Waals surface area contributed by atoms with E-state index in [0.717, 1.165) is 12.1 Å². The molecule has 0 aliphatic carbocycles. The summed E-state index contributed by atoms with van der Waals surface area (Å²) in [6, 6.07) is 5.67. The summed E-state index contributed by atoms with van der Waals surface area (Å²) < 4.78 is 0. The first kappa shape index (κ1) is 12.2. The average Bonchev–Trinajstić information content (AvgIpc) is 2.36. The lowest BCUT2D eigenvalue weighted by Crippen LogP contribution is -2.63. The van der Waals surface area contributed by atoms with Crippen LogP contribution in [0.25, 0.3) is 0 Å². The minimum atomic E-state index is -0.353. The van der Waals surface area contributed by atoms with Crippen molar-refractivity contribution in [3.63, 3.8) is 0 Å². The lowest BCUT2D eigenvalue weighted by Gasteiger charge is -2.43. The van der Waals surface area contributed by atoms with E-state index in [9.17, 15) is 5.11 Å². The van der Waals surface area contributed by atoms with Gasteiger partial charge in [-0.15, -0.1) is 0 Å². The molecular formula is C12H20N4O. The molecule has 1 aromatic carbocycles. The van der Waals surface area contributed by atoms with E-state index in [1.165, 1.54) is 5.56 Å². The lowest BCUT2D eigenvalue weighted by molar-refractivity contribution is 0.269. The number of rotatable bonds is 3. The standard InChI is InChI=1S/C12H20N4O/c1-13-11-7-12(14-2,15-3)16-10-6-8(17)4-5-9(10)11/h4-6,11,13-17H,7H2,1-3H3. The number of hydrogen-bond acceptors (Lipinski definition) is 5. The quantitative estimate of drug-likeness (QED) is 0.496. The fraction of sp³-hybridized carbons (Fsp3) is 0.500. The maximum Gasteiger partial charge on any atom is 0.145 e. The second-order valence-corrected chi connectivity index (χ2v) is 4.35. The van der Waals surface area contributed by atoms with E-state index in [1.54, 1.807) is 12.1 Å². The molecule has 0 aromatic heterocycles. The smallest absolute Gasteiger partial charge is 0.145 e. The monoisotopic (exact) mass is 236 g/mol. The van der Waals surface area contributed by atoms with Crippen molar-refractivity contribution >= 4 is 5.69 Å². The van der Waals surface area contributed by atoms with Crippen molar-refractivity contribution in [1.29, 1.82) is 0 Å². The second-order valence-electron chi connectivity index (χ2n) is 4.35. The molecular weight excluding hydrogens is 216 g/mol. The number of fused-ring (bicyclic) bond motifs is 1. The summed E-state index contributed by atoms with van der Waals surface area (Å²) in [5.41, 5.74) is 2.12. The van der Waals surface area contributed by atoms with Gasteiger partial charge in [-0.2, -0.15) is 0 Å². The number of hydrogen-bond donors (Lipinski definition) is 5. The van der Waals surface area contributed by atoms with E-state index in [4.69, 9.17) is 0 Å². The van der Waals surface area contributed by atoms with Gasteiger partial charge in [-0.05, 0) is 32.8 Å². The van der Waals surface area contributed by atoms with E-state index in [-0.39, 0.29) is 17.6 Å². The van der Waals surface area contributed by atoms with E-state index in [0.29, 0.717) is 0 Å². The SMILES string of the molecule is CNC1CC(NC)(NC)Nc2cc(O)ccc21. The maximum atomic E-state index is 9.56. The topological polar surface area (TPSA) is 68.3 Å². The third kappa shape index (κ3) is 2.09. The molecule has 0 bridgehead atoms. The van der Waals surface area contributed by atoms with Crippen molar-refractivity contribution in [1.82, 2.24) is 16.0 Å². The van der Waals surface area contributed by atoms with Crippen LogP contribution in [0.1, 0.15) is 18.0 Å². The van der Waals surface area contributed by atoms with Gasteiger partial charge in [-0.3, -0.25) is 10.6 Å². The Morgan fingerprint density at radius 2 is 2.00 bits per heavy atom. The zero-order chi connectivity index (χ0) is 12.5. The van der Waals surface area contributed by atoms with Gasteiger partial charge < -0.3 is 15.7 Å². The van der Waals surface area contributed by atoms with Crippen molar-refractivity contribution in [2.24, 2.45) is 0 Å². The van der Waals surface area contributed by atoms with Gasteiger partial charge in [-0.25, -0.2) is 0 Å². The molecule has 0 spiro atoms. The highest BCUT2D eigenvalue weighted by Gasteiger charge is 2.35. The van der Waals surface area contributed by atoms with Gasteiger partial charge in [0.25, 0.3) is 0 Å². The van der Waals surface area contributed by atoms with E-state index >= 15 is 0 Å². The van der Waals surface area contributed by atoms with Crippen LogP contribution < -0.4 is 21.3 Å². The lowest BCUT2D eigenvalue weighted by atomic mass is 9.93. The Hall–Kier alpha value is -1.30. The molecule has 1 aliphatic rings. The van der Waals surface area contributed by atoms with Crippen LogP contribution in [0.15, 0.2) is 18.2 Å². The molecule has 0 fully saturated rings. The fourth-order valence-electron chi connectivity index (χ4n) is 2.37. The Labute approximate surface area is 102 Å². The average molecular weight is 236 g/mol. The van der Waals surface area contributed by atoms with Crippen LogP contribution in [0.2, 0.25) is 0 Å². The molecule has 0 saturated carbocycles. The van der Waals surface area contributed by atoms with Gasteiger partial charge in [0.2, 0.25) is 0 Å². The number of benzene rings is 1. The highest BCUT2D eigenvalue weighted by Crippen LogP contribution is 2.36. The van der Waals surface area contributed by atoms with Gasteiger partial charge in [-0.1, -0.05) is 6.07 Å². The van der Waals surface area contributed by atoms with Crippen LogP contribution in [0, 0.1) is 0 Å². The summed E-state index contributed by atoms with van der Waals surface area (Å²) in [7, 11) is 5.76. The predicted molar refractivity (Wildman–Crippen MR) is 69.0 cm³/mol. The number of phenolic OH excluding ortho intramolecular Hbond substituents is 1. The van der Waals surface area contributed by atoms with Crippen LogP contribution in [0.4, 0.5) is 5.69 Å². The summed E-state index contributed by atoms with van der Waals surface area (Å²) in [5.74, 6) is -0.0804. The normalized spacial score (nSPS) is 21.7. The minimum Gasteiger partial charge on any atom is -0.508 e. The molecule has 2 rings (SSSR count). The summed E-state index contributed by atoms with van der Waals surface area (Å²) in [6.45, 7) is 0. The summed E-state index contributed by atoms with van der Waals surface area (Å²) in [5, 5.41) is 22.8. The number of aromatic hydroxyl groups is 1. The third-order valence-electron chi connectivity index (χ3n) is 3.47. The Morgan fingerprint density at radius 1 is 1.29 bits per heavy atom. The Kier molecular flexibility index (Phi) is 3.24. The molecule has 5 heteroatoms. The van der Waals surface area contributed by atoms with Crippen molar-refractivity contribution in [3.05, 3.63) is 23.8 Å². The van der Waals surface area contributed by atoms with E-state index in [1.807, 2.05) is 27.2 Å². The molecule has 94 valence electrons. The molecule has 0 saturated heterocycles. The summed E-state index contributed by atoms with van der Waals surface area (Å²) in [4.78, 5) is 0. The van der Waals surface area contributed by atoms with E-state index < -0.39 is 0 Å². The second kappa shape index (κ2) is 4.52. The van der Waals surface area contributed by atoms with Gasteiger partial charge in [0.15, 0.2) is 0 Å². The van der Waals surface area contributed by atoms with Crippen molar-refractivity contribution in [3.8, 4) is 5.75 Å². The molecule has 17 heavy (non-hydrogen) atoms. The largest absolute Gasteiger partial charge is 0.508 e. The van der Waals surface area contributed by atoms with Crippen molar-refractivity contribution in [2.75, 3.05) is 26.5 Å². The van der Waals surface area contributed by atoms with Crippen LogP contribution >= 0.6 is 0 Å². The zero-order valence-electron chi connectivity index (χ0n) is 10.5. The Bertz CT molecular complexity index is 403. The predicted octanol–water partition coefficient (Wildman–Crippen LogP) is 0.561. The van der Waals surface area contributed by atoms with Gasteiger partial charge in [0.05, 0.1) is 0 Å². The van der Waals surface area contributed by atoms with E-state index in [2.05, 4.69) is 21.3 Å². The molecule has 1 atom stereocenters. The zero-order valence-corrected chi connectivity index (χ0v) is 10.5. The highest BCUT2D eigenvalue weighted by molar-refractivity contribution is 5.59. The molecule has 1 heterocycles. The van der Waals surface area contributed by atoms with Gasteiger partial charge in [0, 0.05) is 24.2 Å². The molecule has 5 N–H and O–H groups in total. The molecule has 1 aliphatic heterocycles. The van der Waals surface area contributed by atoms with Crippen molar-refractivity contribution < 1.29 is 5.11 Å². The number of nitrogens with one attached hydrogen (secondary N) is 4. The fourth-order valence-corrected chi connectivity index (χ4v) is 2.37. The third-order valence-corrected chi connectivity index (χ3v) is 3.47. The molecule has 0 amide bonds. The van der Waals surface area contributed by atoms with Crippen LogP contribution in [0.5, 0.6) is 5.75 Å². The van der Waals surface area contributed by atoms with Gasteiger partial charge >= 0.3 is 0 Å². The maximum absolute atomic E-state index is 9.56. The number of anilines is 1. The van der Waals surface area contributed by atoms with Crippen LogP contribution in [-0.4, -0.2) is 32.0 Å². The molecule has 5 nitrogen and oxygen atoms in total. The van der Waals surface area contributed by atoms with Crippen LogP contribution in [-0.2, 0) is 0 Å². The molecule has 1 unspecified atom stereocenters. The number of phenols is 1. The molecule has 0 radical (unpaired) electrons. The van der Waals surface area contributed by atoms with Gasteiger partial charge in [0.1, 0.15) is 11.5 Å².